The number of carbonyl (C=O) groups excluding carboxylic acids is 2. The van der Waals surface area contributed by atoms with Gasteiger partial charge in [-0.1, -0.05) is 30.3 Å². The number of anilines is 2. The second-order valence-electron chi connectivity index (χ2n) is 6.50. The molecule has 0 saturated heterocycles. The minimum Gasteiger partial charge on any atom is -0.378 e. The van der Waals surface area contributed by atoms with E-state index < -0.39 is 11.8 Å². The van der Waals surface area contributed by atoms with Crippen molar-refractivity contribution in [2.45, 2.75) is 6.04 Å². The summed E-state index contributed by atoms with van der Waals surface area (Å²) in [5.74, 6) is -1.32. The lowest BCUT2D eigenvalue weighted by atomic mass is 10.1. The topological polar surface area (TPSA) is 64.7 Å². The Balaban J connectivity index is 1.97. The normalized spacial score (nSPS) is 11.7. The summed E-state index contributed by atoms with van der Waals surface area (Å²) in [6, 6.07) is 17.0. The molecular weight excluding hydrogens is 328 g/mol. The minimum absolute atomic E-state index is 0.0281. The van der Waals surface area contributed by atoms with Gasteiger partial charge < -0.3 is 20.4 Å². The molecule has 2 N–H and O–H groups in total. The highest BCUT2D eigenvalue weighted by atomic mass is 16.2. The Bertz CT molecular complexity index is 727. The molecule has 2 aromatic carbocycles. The van der Waals surface area contributed by atoms with Crippen LogP contribution in [0.2, 0.25) is 0 Å². The number of hydrogen-bond acceptors (Lipinski definition) is 4. The van der Waals surface area contributed by atoms with Crippen molar-refractivity contribution in [1.29, 1.82) is 0 Å². The smallest absolute Gasteiger partial charge is 0.313 e. The maximum absolute atomic E-state index is 12.1. The molecule has 0 aliphatic heterocycles. The van der Waals surface area contributed by atoms with Gasteiger partial charge in [0.25, 0.3) is 0 Å². The summed E-state index contributed by atoms with van der Waals surface area (Å²) in [5.41, 5.74) is 2.78. The van der Waals surface area contributed by atoms with E-state index in [9.17, 15) is 9.59 Å². The minimum atomic E-state index is -0.670. The van der Waals surface area contributed by atoms with E-state index in [1.165, 1.54) is 0 Å². The van der Waals surface area contributed by atoms with Crippen LogP contribution in [0.3, 0.4) is 0 Å². The monoisotopic (exact) mass is 354 g/mol. The highest BCUT2D eigenvalue weighted by Crippen LogP contribution is 2.20. The van der Waals surface area contributed by atoms with Gasteiger partial charge in [-0.15, -0.1) is 0 Å². The van der Waals surface area contributed by atoms with Crippen molar-refractivity contribution in [1.82, 2.24) is 10.2 Å². The van der Waals surface area contributed by atoms with Gasteiger partial charge in [-0.25, -0.2) is 0 Å². The molecule has 0 spiro atoms. The number of hydrogen-bond donors (Lipinski definition) is 2. The number of rotatable bonds is 6. The molecule has 0 aromatic heterocycles. The average molecular weight is 354 g/mol. The van der Waals surface area contributed by atoms with Crippen LogP contribution in [0, 0.1) is 0 Å². The standard InChI is InChI=1S/C20H26N4O2/c1-23(2)17-12-10-15(11-13-17)18(24(3)4)14-21-19(25)20(26)22-16-8-6-5-7-9-16/h5-13,18H,14H2,1-4H3,(H,21,25)(H,22,26)/t18-/m0/s1. The summed E-state index contributed by atoms with van der Waals surface area (Å²) in [7, 11) is 7.87. The molecule has 26 heavy (non-hydrogen) atoms. The molecule has 0 heterocycles. The third-order valence-electron chi connectivity index (χ3n) is 4.11. The molecule has 0 bridgehead atoms. The molecule has 0 unspecified atom stereocenters. The van der Waals surface area contributed by atoms with Crippen LogP contribution in [0.1, 0.15) is 11.6 Å². The first-order valence-corrected chi connectivity index (χ1v) is 8.46. The highest BCUT2D eigenvalue weighted by molar-refractivity contribution is 6.39. The fourth-order valence-corrected chi connectivity index (χ4v) is 2.57. The largest absolute Gasteiger partial charge is 0.378 e. The van der Waals surface area contributed by atoms with Gasteiger partial charge >= 0.3 is 11.8 Å². The number of para-hydroxylation sites is 1. The number of amides is 2. The van der Waals surface area contributed by atoms with Crippen LogP contribution in [-0.4, -0.2) is 51.4 Å². The van der Waals surface area contributed by atoms with Crippen molar-refractivity contribution in [3.63, 3.8) is 0 Å². The molecule has 0 radical (unpaired) electrons. The summed E-state index contributed by atoms with van der Waals surface area (Å²) < 4.78 is 0. The molecule has 0 fully saturated rings. The molecule has 0 saturated carbocycles. The van der Waals surface area contributed by atoms with E-state index in [0.717, 1.165) is 11.3 Å². The summed E-state index contributed by atoms with van der Waals surface area (Å²) in [4.78, 5) is 28.2. The van der Waals surface area contributed by atoms with Crippen LogP contribution in [-0.2, 0) is 9.59 Å². The SMILES string of the molecule is CN(C)c1ccc([C@H](CNC(=O)C(=O)Nc2ccccc2)N(C)C)cc1. The van der Waals surface area contributed by atoms with E-state index in [0.29, 0.717) is 12.2 Å². The predicted molar refractivity (Wildman–Crippen MR) is 105 cm³/mol. The van der Waals surface area contributed by atoms with Gasteiger partial charge in [-0.2, -0.15) is 0 Å². The van der Waals surface area contributed by atoms with Crippen LogP contribution < -0.4 is 15.5 Å². The summed E-state index contributed by atoms with van der Waals surface area (Å²) in [6.07, 6.45) is 0. The Hall–Kier alpha value is -2.86. The van der Waals surface area contributed by atoms with E-state index in [2.05, 4.69) is 10.6 Å². The van der Waals surface area contributed by atoms with Gasteiger partial charge in [-0.3, -0.25) is 9.59 Å². The van der Waals surface area contributed by atoms with Crippen LogP contribution in [0.25, 0.3) is 0 Å². The molecule has 2 rings (SSSR count). The number of carbonyl (C=O) groups is 2. The zero-order chi connectivity index (χ0) is 19.1. The number of nitrogens with zero attached hydrogens (tertiary/aromatic N) is 2. The van der Waals surface area contributed by atoms with E-state index >= 15 is 0 Å². The lowest BCUT2D eigenvalue weighted by Crippen LogP contribution is -2.40. The molecular formula is C20H26N4O2. The first-order chi connectivity index (χ1) is 12.4. The summed E-state index contributed by atoms with van der Waals surface area (Å²) in [5, 5.41) is 5.30. The second-order valence-corrected chi connectivity index (χ2v) is 6.50. The van der Waals surface area contributed by atoms with E-state index in [1.807, 2.05) is 68.3 Å². The third-order valence-corrected chi connectivity index (χ3v) is 4.11. The van der Waals surface area contributed by atoms with Gasteiger partial charge in [-0.05, 0) is 43.9 Å². The van der Waals surface area contributed by atoms with Crippen molar-refractivity contribution < 1.29 is 9.59 Å². The van der Waals surface area contributed by atoms with Crippen molar-refractivity contribution in [3.8, 4) is 0 Å². The van der Waals surface area contributed by atoms with Gasteiger partial charge in [0.05, 0.1) is 6.04 Å². The van der Waals surface area contributed by atoms with E-state index in [1.54, 1.807) is 24.3 Å². The van der Waals surface area contributed by atoms with Crippen LogP contribution in [0.15, 0.2) is 54.6 Å². The Labute approximate surface area is 154 Å². The Kier molecular flexibility index (Phi) is 6.74. The number of likely N-dealkylation sites (N-methyl/N-ethyl adjacent to an activating group) is 1. The molecule has 138 valence electrons. The summed E-state index contributed by atoms with van der Waals surface area (Å²) in [6.45, 7) is 0.343. The molecule has 6 nitrogen and oxygen atoms in total. The van der Waals surface area contributed by atoms with Crippen molar-refractivity contribution in [3.05, 3.63) is 60.2 Å². The van der Waals surface area contributed by atoms with Crippen molar-refractivity contribution in [2.75, 3.05) is 45.0 Å². The predicted octanol–water partition coefficient (Wildman–Crippen LogP) is 2.11. The van der Waals surface area contributed by atoms with Crippen LogP contribution >= 0.6 is 0 Å². The van der Waals surface area contributed by atoms with Gasteiger partial charge in [0.1, 0.15) is 0 Å². The highest BCUT2D eigenvalue weighted by Gasteiger charge is 2.19. The Morgan fingerprint density at radius 1 is 0.885 bits per heavy atom. The maximum atomic E-state index is 12.1. The lowest BCUT2D eigenvalue weighted by Gasteiger charge is -2.25. The fraction of sp³-hybridized carbons (Fsp3) is 0.300. The first-order valence-electron chi connectivity index (χ1n) is 8.46. The summed E-state index contributed by atoms with van der Waals surface area (Å²) >= 11 is 0. The van der Waals surface area contributed by atoms with E-state index in [4.69, 9.17) is 0 Å². The zero-order valence-electron chi connectivity index (χ0n) is 15.7. The molecule has 2 amide bonds. The van der Waals surface area contributed by atoms with Crippen LogP contribution in [0.4, 0.5) is 11.4 Å². The second kappa shape index (κ2) is 9.01. The van der Waals surface area contributed by atoms with Crippen molar-refractivity contribution in [2.24, 2.45) is 0 Å². The number of nitrogens with one attached hydrogen (secondary N) is 2. The van der Waals surface area contributed by atoms with Gasteiger partial charge in [0.2, 0.25) is 0 Å². The Morgan fingerprint density at radius 2 is 1.50 bits per heavy atom. The maximum Gasteiger partial charge on any atom is 0.313 e. The average Bonchev–Trinajstić information content (AvgIpc) is 2.62. The molecule has 2 aromatic rings. The van der Waals surface area contributed by atoms with Crippen molar-refractivity contribution >= 4 is 23.2 Å². The lowest BCUT2D eigenvalue weighted by molar-refractivity contribution is -0.136. The molecule has 0 aliphatic carbocycles. The van der Waals surface area contributed by atoms with E-state index in [-0.39, 0.29) is 6.04 Å². The molecule has 1 atom stereocenters. The zero-order valence-corrected chi connectivity index (χ0v) is 15.7. The van der Waals surface area contributed by atoms with Gasteiger partial charge in [0, 0.05) is 32.0 Å². The van der Waals surface area contributed by atoms with Crippen LogP contribution in [0.5, 0.6) is 0 Å². The fourth-order valence-electron chi connectivity index (χ4n) is 2.57. The quantitative estimate of drug-likeness (QED) is 0.780. The Morgan fingerprint density at radius 3 is 2.04 bits per heavy atom. The third kappa shape index (κ3) is 5.32. The molecule has 0 aliphatic rings. The first kappa shape index (κ1) is 19.5. The number of benzene rings is 2. The molecule has 6 heteroatoms. The van der Waals surface area contributed by atoms with Gasteiger partial charge in [0.15, 0.2) is 0 Å².